The highest BCUT2D eigenvalue weighted by Gasteiger charge is 2.42. The van der Waals surface area contributed by atoms with Crippen LogP contribution < -0.4 is 23.5 Å². The van der Waals surface area contributed by atoms with Crippen LogP contribution in [0.4, 0.5) is 11.4 Å². The van der Waals surface area contributed by atoms with Crippen LogP contribution in [0.25, 0.3) is 0 Å². The first-order valence-electron chi connectivity index (χ1n) is 12.5. The summed E-state index contributed by atoms with van der Waals surface area (Å²) in [6, 6.07) is 13.5. The fourth-order valence-electron chi connectivity index (χ4n) is 5.39. The number of nitrogens with zero attached hydrogens (tertiary/aromatic N) is 2. The maximum absolute atomic E-state index is 8.49. The van der Waals surface area contributed by atoms with E-state index in [0.717, 1.165) is 0 Å². The summed E-state index contributed by atoms with van der Waals surface area (Å²) in [4.78, 5) is 2.32. The van der Waals surface area contributed by atoms with Crippen molar-refractivity contribution in [3.05, 3.63) is 107 Å². The fraction of sp³-hybridized carbons (Fsp3) is 0.323. The Bertz CT molecular complexity index is 1350. The van der Waals surface area contributed by atoms with Gasteiger partial charge in [-0.15, -0.1) is 10.2 Å². The molecule has 7 heteroatoms. The number of benzene rings is 2. The molecule has 0 amide bonds. The summed E-state index contributed by atoms with van der Waals surface area (Å²) >= 11 is 0. The van der Waals surface area contributed by atoms with E-state index in [1.165, 1.54) is 45.0 Å². The highest BCUT2D eigenvalue weighted by molar-refractivity contribution is 6.03. The van der Waals surface area contributed by atoms with Crippen LogP contribution in [-0.2, 0) is 10.8 Å². The summed E-state index contributed by atoms with van der Waals surface area (Å²) in [6.07, 6.45) is 15.1. The van der Waals surface area contributed by atoms with E-state index < -0.39 is 10.2 Å². The summed E-state index contributed by atoms with van der Waals surface area (Å²) in [5.41, 5.74) is 10.7. The summed E-state index contributed by atoms with van der Waals surface area (Å²) in [6.45, 7) is 13.6. The van der Waals surface area contributed by atoms with Crippen LogP contribution in [-0.4, -0.2) is 24.4 Å². The van der Waals surface area contributed by atoms with Gasteiger partial charge < -0.3 is 4.90 Å². The van der Waals surface area contributed by atoms with E-state index in [-0.39, 0.29) is 10.8 Å². The minimum atomic E-state index is -4.94. The summed E-state index contributed by atoms with van der Waals surface area (Å²) in [5.74, 6) is 0. The topological polar surface area (TPSA) is 98.5 Å². The molecule has 4 rings (SSSR count). The van der Waals surface area contributed by atoms with Gasteiger partial charge in [0.25, 0.3) is 0 Å². The van der Waals surface area contributed by atoms with Crippen molar-refractivity contribution >= 4 is 17.1 Å². The van der Waals surface area contributed by atoms with Crippen LogP contribution in [0.3, 0.4) is 0 Å². The van der Waals surface area contributed by atoms with Crippen molar-refractivity contribution < 1.29 is 33.5 Å². The molecule has 0 saturated heterocycles. The molecule has 0 aromatic heterocycles. The van der Waals surface area contributed by atoms with Gasteiger partial charge in [0.1, 0.15) is 7.05 Å². The number of hydrogen-bond donors (Lipinski definition) is 0. The maximum atomic E-state index is 8.49. The molecular weight excluding hydrogens is 500 g/mol. The molecule has 0 N–H and O–H groups in total. The molecule has 0 bridgehead atoms. The SMILES string of the molecule is Cc1ccc2c(c1)C(C)(C)C(/C=C/C=C/C=C/C=C1/N(C)c3ccc(C)cc3C1(C)C)=[N+]2C.[O-][Cl+3]([O-])([O-])[O-]. The van der Waals surface area contributed by atoms with E-state index in [4.69, 9.17) is 18.6 Å². The summed E-state index contributed by atoms with van der Waals surface area (Å²) in [7, 11) is -0.616. The number of likely N-dealkylation sites (N-methyl/N-ethyl adjacent to an activating group) is 1. The lowest BCUT2D eigenvalue weighted by Gasteiger charge is -2.23. The van der Waals surface area contributed by atoms with Gasteiger partial charge in [-0.3, -0.25) is 0 Å². The van der Waals surface area contributed by atoms with Gasteiger partial charge in [-0.25, -0.2) is 18.6 Å². The molecule has 2 aromatic rings. The molecule has 2 aliphatic rings. The van der Waals surface area contributed by atoms with E-state index in [0.29, 0.717) is 0 Å². The molecule has 0 atom stereocenters. The molecule has 38 heavy (non-hydrogen) atoms. The van der Waals surface area contributed by atoms with Crippen molar-refractivity contribution in [2.75, 3.05) is 19.0 Å². The molecule has 0 fully saturated rings. The first kappa shape index (κ1) is 29.6. The molecular formula is C31H37ClN2O4. The Hall–Kier alpha value is -3.00. The van der Waals surface area contributed by atoms with Crippen molar-refractivity contribution in [1.82, 2.24) is 0 Å². The maximum Gasteiger partial charge on any atom is 0.209 e. The van der Waals surface area contributed by atoms with Crippen LogP contribution >= 0.6 is 0 Å². The highest BCUT2D eigenvalue weighted by atomic mass is 35.7. The van der Waals surface area contributed by atoms with Gasteiger partial charge in [0.05, 0.1) is 5.41 Å². The smallest absolute Gasteiger partial charge is 0.209 e. The number of fused-ring (bicyclic) bond motifs is 2. The lowest BCUT2D eigenvalue weighted by molar-refractivity contribution is -2.00. The van der Waals surface area contributed by atoms with Crippen molar-refractivity contribution in [3.63, 3.8) is 0 Å². The first-order valence-corrected chi connectivity index (χ1v) is 13.7. The number of allylic oxidation sites excluding steroid dienone is 8. The van der Waals surface area contributed by atoms with Crippen LogP contribution in [0.15, 0.2) is 84.6 Å². The Labute approximate surface area is 228 Å². The van der Waals surface area contributed by atoms with Crippen LogP contribution in [0.1, 0.15) is 49.9 Å². The fourth-order valence-corrected chi connectivity index (χ4v) is 5.39. The third kappa shape index (κ3) is 6.34. The molecule has 0 spiro atoms. The predicted molar refractivity (Wildman–Crippen MR) is 143 cm³/mol. The minimum absolute atomic E-state index is 0.00665. The first-order chi connectivity index (χ1) is 17.5. The second kappa shape index (κ2) is 11.0. The summed E-state index contributed by atoms with van der Waals surface area (Å²) < 4.78 is 36.3. The molecule has 2 aliphatic heterocycles. The normalized spacial score (nSPS) is 19.1. The van der Waals surface area contributed by atoms with Crippen molar-refractivity contribution in [1.29, 1.82) is 0 Å². The highest BCUT2D eigenvalue weighted by Crippen LogP contribution is 2.47. The molecule has 6 nitrogen and oxygen atoms in total. The number of rotatable bonds is 4. The predicted octanol–water partition coefficient (Wildman–Crippen LogP) is 2.53. The van der Waals surface area contributed by atoms with Crippen LogP contribution in [0.5, 0.6) is 0 Å². The Morgan fingerprint density at radius 3 is 1.92 bits per heavy atom. The largest absolute Gasteiger partial charge is 0.347 e. The third-order valence-electron chi connectivity index (χ3n) is 7.33. The minimum Gasteiger partial charge on any atom is -0.347 e. The van der Waals surface area contributed by atoms with Crippen molar-refractivity contribution in [3.8, 4) is 0 Å². The monoisotopic (exact) mass is 536 g/mol. The Morgan fingerprint density at radius 2 is 1.29 bits per heavy atom. The van der Waals surface area contributed by atoms with E-state index in [2.05, 4.69) is 144 Å². The molecule has 202 valence electrons. The average Bonchev–Trinajstić information content (AvgIpc) is 3.10. The molecule has 0 unspecified atom stereocenters. The number of aryl methyl sites for hydroxylation is 2. The van der Waals surface area contributed by atoms with Gasteiger partial charge in [0.2, 0.25) is 5.69 Å². The van der Waals surface area contributed by atoms with Gasteiger partial charge in [0, 0.05) is 41.6 Å². The number of halogens is 1. The number of hydrogen-bond acceptors (Lipinski definition) is 5. The quantitative estimate of drug-likeness (QED) is 0.442. The zero-order chi connectivity index (χ0) is 28.5. The van der Waals surface area contributed by atoms with Crippen LogP contribution in [0.2, 0.25) is 0 Å². The Kier molecular flexibility index (Phi) is 8.56. The molecule has 0 radical (unpaired) electrons. The standard InChI is InChI=1S/C31H37N2.ClHO4/c1-22-16-18-26-24(20-22)30(3,4)28(32(26)7)14-12-10-9-11-13-15-29-31(5,6)25-21-23(2)17-19-27(25)33(29)8;2-1(3,4)5/h9-21H,1-8H3;(H,2,3,4,5)/q+1;/p-1. The van der Waals surface area contributed by atoms with E-state index in [1.807, 2.05) is 0 Å². The van der Waals surface area contributed by atoms with E-state index in [9.17, 15) is 0 Å². The van der Waals surface area contributed by atoms with E-state index >= 15 is 0 Å². The van der Waals surface area contributed by atoms with Crippen molar-refractivity contribution in [2.45, 2.75) is 52.4 Å². The number of anilines is 1. The zero-order valence-electron chi connectivity index (χ0n) is 23.4. The zero-order valence-corrected chi connectivity index (χ0v) is 24.2. The van der Waals surface area contributed by atoms with Gasteiger partial charge in [0.15, 0.2) is 5.71 Å². The lowest BCUT2D eigenvalue weighted by Crippen LogP contribution is -2.68. The third-order valence-corrected chi connectivity index (χ3v) is 7.33. The molecule has 0 saturated carbocycles. The van der Waals surface area contributed by atoms with Gasteiger partial charge in [-0.05, 0) is 51.5 Å². The molecule has 2 heterocycles. The van der Waals surface area contributed by atoms with Crippen molar-refractivity contribution in [2.24, 2.45) is 0 Å². The van der Waals surface area contributed by atoms with E-state index in [1.54, 1.807) is 0 Å². The van der Waals surface area contributed by atoms with Gasteiger partial charge in [-0.2, -0.15) is 4.58 Å². The molecule has 2 aromatic carbocycles. The van der Waals surface area contributed by atoms with Crippen LogP contribution in [0, 0.1) is 24.1 Å². The van der Waals surface area contributed by atoms with Gasteiger partial charge >= 0.3 is 0 Å². The summed E-state index contributed by atoms with van der Waals surface area (Å²) in [5, 5.41) is 0. The average molecular weight is 537 g/mol. The second-order valence-corrected chi connectivity index (χ2v) is 11.6. The lowest BCUT2D eigenvalue weighted by atomic mass is 9.81. The van der Waals surface area contributed by atoms with Gasteiger partial charge in [-0.1, -0.05) is 73.6 Å². The Morgan fingerprint density at radius 1 is 0.763 bits per heavy atom. The molecule has 0 aliphatic carbocycles. The Balaban J connectivity index is 0.000000732. The second-order valence-electron chi connectivity index (χ2n) is 10.9.